The fourth-order valence-corrected chi connectivity index (χ4v) is 1.89. The minimum absolute atomic E-state index is 0.334. The molecule has 0 aliphatic heterocycles. The number of hydrogen-bond donors (Lipinski definition) is 1. The zero-order valence-corrected chi connectivity index (χ0v) is 9.77. The topological polar surface area (TPSA) is 68.4 Å². The second-order valence-corrected chi connectivity index (χ2v) is 4.33. The number of hydrogen-bond acceptors (Lipinski definition) is 5. The molecule has 1 aliphatic rings. The number of aliphatic hydroxyl groups excluding tert-OH is 1. The highest BCUT2D eigenvalue weighted by atomic mass is 16.5. The molecule has 5 nitrogen and oxygen atoms in total. The van der Waals surface area contributed by atoms with Gasteiger partial charge in [-0.05, 0) is 25.7 Å². The maximum atomic E-state index is 9.49. The molecule has 1 aromatic rings. The predicted molar refractivity (Wildman–Crippen MR) is 56.8 cm³/mol. The first-order valence-corrected chi connectivity index (χ1v) is 5.76. The Hall–Kier alpha value is -0.940. The van der Waals surface area contributed by atoms with E-state index >= 15 is 0 Å². The standard InChI is InChI=1S/C11H18N2O3/c1-3-8(14)7-9-12-10(13-16-9)11(15-2)5-4-6-11/h8,14H,3-7H2,1-2H3. The van der Waals surface area contributed by atoms with Crippen LogP contribution in [0.15, 0.2) is 4.52 Å². The van der Waals surface area contributed by atoms with Crippen molar-refractivity contribution in [2.24, 2.45) is 0 Å². The zero-order chi connectivity index (χ0) is 11.6. The van der Waals surface area contributed by atoms with Gasteiger partial charge in [0, 0.05) is 7.11 Å². The minimum Gasteiger partial charge on any atom is -0.393 e. The fraction of sp³-hybridized carbons (Fsp3) is 0.818. The van der Waals surface area contributed by atoms with Crippen molar-refractivity contribution < 1.29 is 14.4 Å². The van der Waals surface area contributed by atoms with Crippen LogP contribution < -0.4 is 0 Å². The Kier molecular flexibility index (Phi) is 3.25. The Morgan fingerprint density at radius 1 is 1.56 bits per heavy atom. The molecular formula is C11H18N2O3. The Morgan fingerprint density at radius 2 is 2.31 bits per heavy atom. The van der Waals surface area contributed by atoms with E-state index in [0.717, 1.165) is 19.3 Å². The van der Waals surface area contributed by atoms with Crippen molar-refractivity contribution >= 4 is 0 Å². The molecule has 1 heterocycles. The van der Waals surface area contributed by atoms with E-state index in [0.29, 0.717) is 24.6 Å². The summed E-state index contributed by atoms with van der Waals surface area (Å²) in [5, 5.41) is 13.4. The van der Waals surface area contributed by atoms with Crippen molar-refractivity contribution in [2.75, 3.05) is 7.11 Å². The third-order valence-electron chi connectivity index (χ3n) is 3.31. The van der Waals surface area contributed by atoms with Gasteiger partial charge in [0.2, 0.25) is 11.7 Å². The van der Waals surface area contributed by atoms with Gasteiger partial charge in [0.25, 0.3) is 0 Å². The molecule has 90 valence electrons. The summed E-state index contributed by atoms with van der Waals surface area (Å²) < 4.78 is 10.6. The lowest BCUT2D eigenvalue weighted by atomic mass is 9.79. The molecule has 0 radical (unpaired) electrons. The predicted octanol–water partition coefficient (Wildman–Crippen LogP) is 1.41. The third-order valence-corrected chi connectivity index (χ3v) is 3.31. The van der Waals surface area contributed by atoms with Crippen LogP contribution in [-0.2, 0) is 16.8 Å². The SMILES string of the molecule is CCC(O)Cc1nc(C2(OC)CCC2)no1. The number of nitrogens with zero attached hydrogens (tertiary/aromatic N) is 2. The maximum Gasteiger partial charge on any atom is 0.229 e. The minimum atomic E-state index is -0.409. The second kappa shape index (κ2) is 4.51. The summed E-state index contributed by atoms with van der Waals surface area (Å²) >= 11 is 0. The van der Waals surface area contributed by atoms with Gasteiger partial charge in [-0.2, -0.15) is 4.98 Å². The van der Waals surface area contributed by atoms with Crippen molar-refractivity contribution in [2.45, 2.75) is 50.7 Å². The Bertz CT molecular complexity index is 341. The van der Waals surface area contributed by atoms with Gasteiger partial charge >= 0.3 is 0 Å². The highest BCUT2D eigenvalue weighted by molar-refractivity contribution is 5.06. The van der Waals surface area contributed by atoms with E-state index in [-0.39, 0.29) is 5.60 Å². The van der Waals surface area contributed by atoms with Gasteiger partial charge in [-0.1, -0.05) is 12.1 Å². The number of aromatic nitrogens is 2. The van der Waals surface area contributed by atoms with E-state index < -0.39 is 6.10 Å². The molecule has 5 heteroatoms. The first kappa shape index (κ1) is 11.5. The first-order valence-electron chi connectivity index (χ1n) is 5.76. The number of rotatable bonds is 5. The normalized spacial score (nSPS) is 20.4. The van der Waals surface area contributed by atoms with Gasteiger partial charge in [-0.15, -0.1) is 0 Å². The molecular weight excluding hydrogens is 208 g/mol. The smallest absolute Gasteiger partial charge is 0.229 e. The highest BCUT2D eigenvalue weighted by Crippen LogP contribution is 2.42. The molecule has 0 saturated heterocycles. The quantitative estimate of drug-likeness (QED) is 0.822. The van der Waals surface area contributed by atoms with Gasteiger partial charge in [0.05, 0.1) is 12.5 Å². The highest BCUT2D eigenvalue weighted by Gasteiger charge is 2.43. The summed E-state index contributed by atoms with van der Waals surface area (Å²) in [5.41, 5.74) is -0.334. The molecule has 1 saturated carbocycles. The van der Waals surface area contributed by atoms with Crippen LogP contribution in [0, 0.1) is 0 Å². The lowest BCUT2D eigenvalue weighted by Gasteiger charge is -2.37. The van der Waals surface area contributed by atoms with E-state index in [1.807, 2.05) is 6.92 Å². The molecule has 0 amide bonds. The van der Waals surface area contributed by atoms with Crippen LogP contribution in [0.4, 0.5) is 0 Å². The monoisotopic (exact) mass is 226 g/mol. The molecule has 1 atom stereocenters. The summed E-state index contributed by atoms with van der Waals surface area (Å²) in [5.74, 6) is 1.12. The van der Waals surface area contributed by atoms with Crippen LogP contribution in [0.25, 0.3) is 0 Å². The fourth-order valence-electron chi connectivity index (χ4n) is 1.89. The summed E-state index contributed by atoms with van der Waals surface area (Å²) in [4.78, 5) is 4.30. The Balaban J connectivity index is 2.07. The second-order valence-electron chi connectivity index (χ2n) is 4.33. The van der Waals surface area contributed by atoms with Gasteiger partial charge < -0.3 is 14.4 Å². The summed E-state index contributed by atoms with van der Waals surface area (Å²) in [7, 11) is 1.68. The lowest BCUT2D eigenvalue weighted by Crippen LogP contribution is -2.37. The van der Waals surface area contributed by atoms with Crippen molar-refractivity contribution in [3.63, 3.8) is 0 Å². The van der Waals surface area contributed by atoms with E-state index in [4.69, 9.17) is 9.26 Å². The molecule has 1 aromatic heterocycles. The van der Waals surface area contributed by atoms with Crippen LogP contribution in [0.2, 0.25) is 0 Å². The number of ether oxygens (including phenoxy) is 1. The van der Waals surface area contributed by atoms with Crippen LogP contribution in [0.3, 0.4) is 0 Å². The van der Waals surface area contributed by atoms with Crippen molar-refractivity contribution in [3.05, 3.63) is 11.7 Å². The molecule has 0 aromatic carbocycles. The van der Waals surface area contributed by atoms with Crippen molar-refractivity contribution in [1.82, 2.24) is 10.1 Å². The zero-order valence-electron chi connectivity index (χ0n) is 9.77. The molecule has 0 bridgehead atoms. The first-order chi connectivity index (χ1) is 7.70. The molecule has 0 spiro atoms. The van der Waals surface area contributed by atoms with Crippen LogP contribution >= 0.6 is 0 Å². The average molecular weight is 226 g/mol. The van der Waals surface area contributed by atoms with Crippen LogP contribution in [0.5, 0.6) is 0 Å². The van der Waals surface area contributed by atoms with Crippen LogP contribution in [-0.4, -0.2) is 28.5 Å². The van der Waals surface area contributed by atoms with Gasteiger partial charge in [-0.3, -0.25) is 0 Å². The van der Waals surface area contributed by atoms with E-state index in [2.05, 4.69) is 10.1 Å². The molecule has 1 fully saturated rings. The average Bonchev–Trinajstić information content (AvgIpc) is 2.66. The van der Waals surface area contributed by atoms with Crippen molar-refractivity contribution in [3.8, 4) is 0 Å². The summed E-state index contributed by atoms with van der Waals surface area (Å²) in [6.45, 7) is 1.92. The molecule has 1 aliphatic carbocycles. The Labute approximate surface area is 94.8 Å². The van der Waals surface area contributed by atoms with Gasteiger partial charge in [-0.25, -0.2) is 0 Å². The molecule has 1 unspecified atom stereocenters. The molecule has 2 rings (SSSR count). The maximum absolute atomic E-state index is 9.49. The van der Waals surface area contributed by atoms with Gasteiger partial charge in [0.15, 0.2) is 0 Å². The van der Waals surface area contributed by atoms with Gasteiger partial charge in [0.1, 0.15) is 5.60 Å². The Morgan fingerprint density at radius 3 is 2.81 bits per heavy atom. The largest absolute Gasteiger partial charge is 0.393 e. The van der Waals surface area contributed by atoms with E-state index in [1.165, 1.54) is 0 Å². The van der Waals surface area contributed by atoms with Crippen LogP contribution in [0.1, 0.15) is 44.3 Å². The molecule has 16 heavy (non-hydrogen) atoms. The third kappa shape index (κ3) is 1.97. The van der Waals surface area contributed by atoms with E-state index in [1.54, 1.807) is 7.11 Å². The lowest BCUT2D eigenvalue weighted by molar-refractivity contribution is -0.0858. The van der Waals surface area contributed by atoms with E-state index in [9.17, 15) is 5.11 Å². The summed E-state index contributed by atoms with van der Waals surface area (Å²) in [6, 6.07) is 0. The molecule has 1 N–H and O–H groups in total. The number of aliphatic hydroxyl groups is 1. The number of methoxy groups -OCH3 is 1. The summed E-state index contributed by atoms with van der Waals surface area (Å²) in [6.07, 6.45) is 3.72. The van der Waals surface area contributed by atoms with Crippen molar-refractivity contribution in [1.29, 1.82) is 0 Å².